The number of carboxylic acids is 1. The lowest BCUT2D eigenvalue weighted by atomic mass is 10.3. The van der Waals surface area contributed by atoms with Gasteiger partial charge in [-0.2, -0.15) is 0 Å². The van der Waals surface area contributed by atoms with Crippen LogP contribution < -0.4 is 5.32 Å². The molecule has 1 aromatic rings. The zero-order valence-electron chi connectivity index (χ0n) is 9.44. The maximum atomic E-state index is 10.9. The Morgan fingerprint density at radius 3 is 2.61 bits per heavy atom. The molecule has 0 fully saturated rings. The van der Waals surface area contributed by atoms with Crippen LogP contribution in [0.2, 0.25) is 10.0 Å². The first-order valence-electron chi connectivity index (χ1n) is 4.98. The van der Waals surface area contributed by atoms with Gasteiger partial charge in [0.1, 0.15) is 6.04 Å². The number of halogens is 2. The molecule has 4 nitrogen and oxygen atoms in total. The van der Waals surface area contributed by atoms with Gasteiger partial charge < -0.3 is 10.4 Å². The van der Waals surface area contributed by atoms with Crippen molar-refractivity contribution >= 4 is 46.8 Å². The summed E-state index contributed by atoms with van der Waals surface area (Å²) in [5.41, 5.74) is 0. The number of hydrogen-bond acceptors (Lipinski definition) is 3. The molecule has 1 amide bonds. The van der Waals surface area contributed by atoms with Crippen molar-refractivity contribution in [3.05, 3.63) is 28.2 Å². The van der Waals surface area contributed by atoms with Crippen molar-refractivity contribution in [1.82, 2.24) is 5.32 Å². The predicted octanol–water partition coefficient (Wildman–Crippen LogP) is 2.67. The van der Waals surface area contributed by atoms with E-state index in [4.69, 9.17) is 28.3 Å². The van der Waals surface area contributed by atoms with E-state index in [9.17, 15) is 9.59 Å². The van der Waals surface area contributed by atoms with Crippen molar-refractivity contribution in [2.75, 3.05) is 5.75 Å². The van der Waals surface area contributed by atoms with E-state index in [2.05, 4.69) is 5.32 Å². The minimum atomic E-state index is -1.08. The Morgan fingerprint density at radius 2 is 2.11 bits per heavy atom. The van der Waals surface area contributed by atoms with Crippen LogP contribution in [0.5, 0.6) is 0 Å². The second kappa shape index (κ2) is 6.87. The Hall–Kier alpha value is -0.910. The molecular formula is C11H11Cl2NO3S. The fourth-order valence-corrected chi connectivity index (χ4v) is 2.69. The molecular weight excluding hydrogens is 297 g/mol. The molecule has 7 heteroatoms. The van der Waals surface area contributed by atoms with Crippen molar-refractivity contribution in [2.24, 2.45) is 0 Å². The summed E-state index contributed by atoms with van der Waals surface area (Å²) in [5, 5.41) is 12.3. The smallest absolute Gasteiger partial charge is 0.327 e. The normalized spacial score (nSPS) is 11.9. The van der Waals surface area contributed by atoms with Crippen LogP contribution in [0.1, 0.15) is 6.92 Å². The van der Waals surface area contributed by atoms with Crippen LogP contribution in [-0.4, -0.2) is 28.8 Å². The van der Waals surface area contributed by atoms with E-state index in [0.717, 1.165) is 4.90 Å². The van der Waals surface area contributed by atoms with Crippen molar-refractivity contribution in [3.63, 3.8) is 0 Å². The van der Waals surface area contributed by atoms with E-state index >= 15 is 0 Å². The topological polar surface area (TPSA) is 66.4 Å². The van der Waals surface area contributed by atoms with Crippen molar-refractivity contribution < 1.29 is 14.7 Å². The summed E-state index contributed by atoms with van der Waals surface area (Å²) >= 11 is 13.0. The zero-order chi connectivity index (χ0) is 13.7. The fraction of sp³-hybridized carbons (Fsp3) is 0.273. The first-order chi connectivity index (χ1) is 8.40. The Balaban J connectivity index is 2.66. The lowest BCUT2D eigenvalue weighted by Crippen LogP contribution is -2.41. The summed E-state index contributed by atoms with van der Waals surface area (Å²) in [6, 6.07) is 4.02. The Kier molecular flexibility index (Phi) is 5.78. The van der Waals surface area contributed by atoms with E-state index in [-0.39, 0.29) is 11.7 Å². The number of carboxylic acid groups (broad SMARTS) is 1. The number of thioether (sulfide) groups is 1. The molecule has 0 aromatic heterocycles. The Morgan fingerprint density at radius 1 is 1.44 bits per heavy atom. The highest BCUT2D eigenvalue weighted by atomic mass is 35.5. The number of benzene rings is 1. The summed E-state index contributed by atoms with van der Waals surface area (Å²) in [7, 11) is 0. The minimum absolute atomic E-state index is 0.191. The van der Waals surface area contributed by atoms with Crippen LogP contribution in [0.4, 0.5) is 0 Å². The van der Waals surface area contributed by atoms with Crippen LogP contribution in [0.15, 0.2) is 23.1 Å². The van der Waals surface area contributed by atoms with Gasteiger partial charge in [0.25, 0.3) is 0 Å². The van der Waals surface area contributed by atoms with Crippen molar-refractivity contribution in [3.8, 4) is 0 Å². The fourth-order valence-electron chi connectivity index (χ4n) is 1.19. The van der Waals surface area contributed by atoms with Crippen LogP contribution in [-0.2, 0) is 9.59 Å². The number of carbonyl (C=O) groups is 2. The zero-order valence-corrected chi connectivity index (χ0v) is 11.8. The third-order valence-electron chi connectivity index (χ3n) is 1.98. The van der Waals surface area contributed by atoms with Gasteiger partial charge in [-0.05, 0) is 18.2 Å². The molecule has 98 valence electrons. The van der Waals surface area contributed by atoms with Gasteiger partial charge in [-0.15, -0.1) is 11.8 Å². The average molecular weight is 308 g/mol. The molecule has 1 unspecified atom stereocenters. The summed E-state index contributed by atoms with van der Waals surface area (Å²) < 4.78 is 0. The molecule has 0 bridgehead atoms. The predicted molar refractivity (Wildman–Crippen MR) is 72.4 cm³/mol. The Labute approximate surface area is 119 Å². The number of amides is 1. The van der Waals surface area contributed by atoms with E-state index in [1.807, 2.05) is 0 Å². The quantitative estimate of drug-likeness (QED) is 0.821. The summed E-state index contributed by atoms with van der Waals surface area (Å²) in [6.45, 7) is 1.27. The second-order valence-corrected chi connectivity index (χ2v) is 5.38. The van der Waals surface area contributed by atoms with Gasteiger partial charge in [0, 0.05) is 22.6 Å². The first-order valence-corrected chi connectivity index (χ1v) is 6.72. The third-order valence-corrected chi connectivity index (χ3v) is 3.80. The van der Waals surface area contributed by atoms with Crippen LogP contribution in [0.3, 0.4) is 0 Å². The molecule has 1 aromatic carbocycles. The molecule has 0 saturated heterocycles. The van der Waals surface area contributed by atoms with Gasteiger partial charge in [-0.1, -0.05) is 23.2 Å². The maximum absolute atomic E-state index is 10.9. The highest BCUT2D eigenvalue weighted by Crippen LogP contribution is 2.29. The SMILES string of the molecule is CC(=O)NC(CSc1ccc(Cl)cc1Cl)C(=O)O. The lowest BCUT2D eigenvalue weighted by molar-refractivity contribution is -0.140. The summed E-state index contributed by atoms with van der Waals surface area (Å²) in [4.78, 5) is 22.5. The summed E-state index contributed by atoms with van der Waals surface area (Å²) in [6.07, 6.45) is 0. The maximum Gasteiger partial charge on any atom is 0.327 e. The number of aliphatic carboxylic acids is 1. The molecule has 0 heterocycles. The van der Waals surface area contributed by atoms with E-state index in [1.165, 1.54) is 18.7 Å². The number of nitrogens with one attached hydrogen (secondary N) is 1. The Bertz CT molecular complexity index is 468. The molecule has 1 rings (SSSR count). The van der Waals surface area contributed by atoms with Crippen molar-refractivity contribution in [2.45, 2.75) is 17.9 Å². The third kappa shape index (κ3) is 4.76. The van der Waals surface area contributed by atoms with E-state index in [0.29, 0.717) is 10.0 Å². The average Bonchev–Trinajstić information content (AvgIpc) is 2.25. The highest BCUT2D eigenvalue weighted by molar-refractivity contribution is 7.99. The molecule has 1 atom stereocenters. The van der Waals surface area contributed by atoms with Gasteiger partial charge >= 0.3 is 5.97 Å². The highest BCUT2D eigenvalue weighted by Gasteiger charge is 2.19. The molecule has 0 aliphatic carbocycles. The van der Waals surface area contributed by atoms with Gasteiger partial charge in [0.15, 0.2) is 0 Å². The minimum Gasteiger partial charge on any atom is -0.480 e. The molecule has 0 aliphatic rings. The largest absolute Gasteiger partial charge is 0.480 e. The molecule has 0 saturated carbocycles. The number of carbonyl (C=O) groups excluding carboxylic acids is 1. The number of hydrogen-bond donors (Lipinski definition) is 2. The standard InChI is InChI=1S/C11H11Cl2NO3S/c1-6(15)14-9(11(16)17)5-18-10-3-2-7(12)4-8(10)13/h2-4,9H,5H2,1H3,(H,14,15)(H,16,17). The van der Waals surface area contributed by atoms with Gasteiger partial charge in [0.2, 0.25) is 5.91 Å². The molecule has 2 N–H and O–H groups in total. The monoisotopic (exact) mass is 307 g/mol. The van der Waals surface area contributed by atoms with E-state index < -0.39 is 12.0 Å². The van der Waals surface area contributed by atoms with Gasteiger partial charge in [-0.25, -0.2) is 4.79 Å². The van der Waals surface area contributed by atoms with Crippen molar-refractivity contribution in [1.29, 1.82) is 0 Å². The molecule has 0 aliphatic heterocycles. The van der Waals surface area contributed by atoms with Crippen LogP contribution in [0.25, 0.3) is 0 Å². The molecule has 0 radical (unpaired) electrons. The number of rotatable bonds is 5. The first kappa shape index (κ1) is 15.1. The molecule has 0 spiro atoms. The molecule has 18 heavy (non-hydrogen) atoms. The van der Waals surface area contributed by atoms with E-state index in [1.54, 1.807) is 18.2 Å². The van der Waals surface area contributed by atoms with Gasteiger partial charge in [0.05, 0.1) is 5.02 Å². The van der Waals surface area contributed by atoms with Gasteiger partial charge in [-0.3, -0.25) is 4.79 Å². The second-order valence-electron chi connectivity index (χ2n) is 3.48. The van der Waals surface area contributed by atoms with Crippen LogP contribution in [0, 0.1) is 0 Å². The van der Waals surface area contributed by atoms with Crippen LogP contribution >= 0.6 is 35.0 Å². The summed E-state index contributed by atoms with van der Waals surface area (Å²) in [5.74, 6) is -1.27. The lowest BCUT2D eigenvalue weighted by Gasteiger charge is -2.13.